The molecule has 2 aromatic heterocycles. The lowest BCUT2D eigenvalue weighted by molar-refractivity contribution is 0.0942. The molecule has 3 aromatic carbocycles. The van der Waals surface area contributed by atoms with Crippen molar-refractivity contribution in [3.8, 4) is 0 Å². The van der Waals surface area contributed by atoms with Crippen molar-refractivity contribution in [2.75, 3.05) is 5.73 Å². The fourth-order valence-corrected chi connectivity index (χ4v) is 3.97. The highest BCUT2D eigenvalue weighted by Crippen LogP contribution is 2.29. The average molecular weight is 439 g/mol. The maximum Gasteiger partial charge on any atom is 0.257 e. The van der Waals surface area contributed by atoms with E-state index in [0.29, 0.717) is 28.7 Å². The smallest absolute Gasteiger partial charge is 0.257 e. The Kier molecular flexibility index (Phi) is 5.22. The van der Waals surface area contributed by atoms with Crippen molar-refractivity contribution in [3.63, 3.8) is 0 Å². The summed E-state index contributed by atoms with van der Waals surface area (Å²) in [5.74, 6) is -0.372. The number of hydrogen-bond donors (Lipinski definition) is 2. The summed E-state index contributed by atoms with van der Waals surface area (Å²) < 4.78 is 15.2. The number of benzene rings is 3. The summed E-state index contributed by atoms with van der Waals surface area (Å²) in [6.07, 6.45) is 0. The van der Waals surface area contributed by atoms with Crippen molar-refractivity contribution in [2.45, 2.75) is 19.5 Å². The first-order valence-corrected chi connectivity index (χ1v) is 10.7. The number of anilines is 1. The van der Waals surface area contributed by atoms with E-state index in [0.717, 1.165) is 11.1 Å². The molecule has 33 heavy (non-hydrogen) atoms. The van der Waals surface area contributed by atoms with Gasteiger partial charge in [-0.15, -0.1) is 0 Å². The van der Waals surface area contributed by atoms with Crippen molar-refractivity contribution < 1.29 is 9.18 Å². The standard InChI is InChI=1S/C26H22FN5O/c1-16(18-7-3-2-4-8-18)29-26(33)22-23-25(31-21-10-6-5-9-20(21)30-23)32(24(22)28)15-17-11-13-19(27)14-12-17/h2-14,16H,15,28H2,1H3,(H,29,33)/t16-/m0/s1. The zero-order valence-electron chi connectivity index (χ0n) is 18.0. The minimum absolute atomic E-state index is 0.220. The van der Waals surface area contributed by atoms with E-state index in [4.69, 9.17) is 15.7 Å². The predicted molar refractivity (Wildman–Crippen MR) is 127 cm³/mol. The van der Waals surface area contributed by atoms with E-state index in [9.17, 15) is 9.18 Å². The average Bonchev–Trinajstić information content (AvgIpc) is 3.09. The molecule has 0 saturated carbocycles. The monoisotopic (exact) mass is 439 g/mol. The third-order valence-corrected chi connectivity index (χ3v) is 5.72. The van der Waals surface area contributed by atoms with E-state index < -0.39 is 0 Å². The van der Waals surface area contributed by atoms with Crippen LogP contribution >= 0.6 is 0 Å². The van der Waals surface area contributed by atoms with Crippen molar-refractivity contribution in [1.82, 2.24) is 19.9 Å². The van der Waals surface area contributed by atoms with E-state index in [1.165, 1.54) is 12.1 Å². The third kappa shape index (κ3) is 3.89. The summed E-state index contributed by atoms with van der Waals surface area (Å²) in [7, 11) is 0. The van der Waals surface area contributed by atoms with Gasteiger partial charge in [-0.05, 0) is 42.3 Å². The Morgan fingerprint density at radius 1 is 0.970 bits per heavy atom. The highest BCUT2D eigenvalue weighted by Gasteiger charge is 2.25. The lowest BCUT2D eigenvalue weighted by Crippen LogP contribution is -2.27. The van der Waals surface area contributed by atoms with Crippen LogP contribution in [0, 0.1) is 5.82 Å². The summed E-state index contributed by atoms with van der Waals surface area (Å²) in [4.78, 5) is 22.9. The molecule has 0 spiro atoms. The number of nitrogens with one attached hydrogen (secondary N) is 1. The maximum absolute atomic E-state index is 13.4. The van der Waals surface area contributed by atoms with Gasteiger partial charge in [0.15, 0.2) is 5.65 Å². The van der Waals surface area contributed by atoms with Crippen molar-refractivity contribution in [2.24, 2.45) is 0 Å². The summed E-state index contributed by atoms with van der Waals surface area (Å²) in [5.41, 5.74) is 10.9. The number of carbonyl (C=O) groups excluding carboxylic acids is 1. The quantitative estimate of drug-likeness (QED) is 0.410. The number of hydrogen-bond acceptors (Lipinski definition) is 4. The van der Waals surface area contributed by atoms with Crippen LogP contribution in [0.15, 0.2) is 78.9 Å². The van der Waals surface area contributed by atoms with Gasteiger partial charge in [0.05, 0.1) is 23.6 Å². The first-order chi connectivity index (χ1) is 16.0. The normalized spacial score (nSPS) is 12.2. The predicted octanol–water partition coefficient (Wildman–Crippen LogP) is 4.85. The van der Waals surface area contributed by atoms with Crippen LogP contribution in [0.1, 0.15) is 34.5 Å². The lowest BCUT2D eigenvalue weighted by atomic mass is 10.1. The van der Waals surface area contributed by atoms with Gasteiger partial charge < -0.3 is 15.6 Å². The van der Waals surface area contributed by atoms with Gasteiger partial charge in [-0.3, -0.25) is 4.79 Å². The SMILES string of the molecule is C[C@H](NC(=O)c1c(N)n(Cc2ccc(F)cc2)c2nc3ccccc3nc12)c1ccccc1. The highest BCUT2D eigenvalue weighted by molar-refractivity contribution is 6.10. The zero-order chi connectivity index (χ0) is 22.9. The molecule has 5 rings (SSSR count). The Morgan fingerprint density at radius 2 is 1.61 bits per heavy atom. The lowest BCUT2D eigenvalue weighted by Gasteiger charge is -2.14. The second kappa shape index (κ2) is 8.35. The van der Waals surface area contributed by atoms with E-state index >= 15 is 0 Å². The summed E-state index contributed by atoms with van der Waals surface area (Å²) in [6.45, 7) is 2.25. The van der Waals surface area contributed by atoms with Crippen LogP contribution in [0.25, 0.3) is 22.2 Å². The highest BCUT2D eigenvalue weighted by atomic mass is 19.1. The molecule has 0 fully saturated rings. The van der Waals surface area contributed by atoms with Gasteiger partial charge in [0.2, 0.25) is 0 Å². The number of aromatic nitrogens is 3. The Bertz CT molecular complexity index is 1460. The number of para-hydroxylation sites is 2. The van der Waals surface area contributed by atoms with Gasteiger partial charge in [-0.1, -0.05) is 54.6 Å². The number of rotatable bonds is 5. The van der Waals surface area contributed by atoms with Crippen LogP contribution in [0.2, 0.25) is 0 Å². The van der Waals surface area contributed by atoms with Crippen LogP contribution in [-0.2, 0) is 6.54 Å². The van der Waals surface area contributed by atoms with E-state index in [-0.39, 0.29) is 29.1 Å². The van der Waals surface area contributed by atoms with Gasteiger partial charge in [0, 0.05) is 0 Å². The number of amides is 1. The summed E-state index contributed by atoms with van der Waals surface area (Å²) in [6, 6.07) is 23.1. The fraction of sp³-hybridized carbons (Fsp3) is 0.115. The van der Waals surface area contributed by atoms with Gasteiger partial charge in [-0.25, -0.2) is 14.4 Å². The number of nitrogens with zero attached hydrogens (tertiary/aromatic N) is 3. The van der Waals surface area contributed by atoms with Gasteiger partial charge in [0.1, 0.15) is 22.7 Å². The first kappa shape index (κ1) is 20.6. The molecule has 3 N–H and O–H groups in total. The van der Waals surface area contributed by atoms with E-state index in [1.807, 2.05) is 61.5 Å². The minimum atomic E-state index is -0.323. The minimum Gasteiger partial charge on any atom is -0.384 e. The summed E-state index contributed by atoms with van der Waals surface area (Å²) in [5, 5.41) is 3.03. The molecule has 164 valence electrons. The molecule has 0 aliphatic heterocycles. The van der Waals surface area contributed by atoms with Crippen LogP contribution in [0.4, 0.5) is 10.2 Å². The molecule has 0 aliphatic rings. The van der Waals surface area contributed by atoms with Gasteiger partial charge >= 0.3 is 0 Å². The number of fused-ring (bicyclic) bond motifs is 2. The molecule has 5 aromatic rings. The molecule has 0 unspecified atom stereocenters. The van der Waals surface area contributed by atoms with Crippen LogP contribution in [-0.4, -0.2) is 20.4 Å². The van der Waals surface area contributed by atoms with Crippen molar-refractivity contribution in [3.05, 3.63) is 101 Å². The number of nitrogens with two attached hydrogens (primary N) is 1. The number of halogens is 1. The zero-order valence-corrected chi connectivity index (χ0v) is 18.0. The van der Waals surface area contributed by atoms with Gasteiger partial charge in [0.25, 0.3) is 5.91 Å². The second-order valence-electron chi connectivity index (χ2n) is 7.96. The van der Waals surface area contributed by atoms with E-state index in [2.05, 4.69) is 5.32 Å². The van der Waals surface area contributed by atoms with Crippen LogP contribution < -0.4 is 11.1 Å². The molecule has 0 aliphatic carbocycles. The largest absolute Gasteiger partial charge is 0.384 e. The Labute approximate surface area is 189 Å². The first-order valence-electron chi connectivity index (χ1n) is 10.7. The molecule has 6 nitrogen and oxygen atoms in total. The topological polar surface area (TPSA) is 85.8 Å². The fourth-order valence-electron chi connectivity index (χ4n) is 3.97. The molecule has 0 bridgehead atoms. The molecular weight excluding hydrogens is 417 g/mol. The van der Waals surface area contributed by atoms with E-state index in [1.54, 1.807) is 16.7 Å². The van der Waals surface area contributed by atoms with Crippen molar-refractivity contribution >= 4 is 33.9 Å². The number of nitrogen functional groups attached to an aromatic ring is 1. The van der Waals surface area contributed by atoms with Crippen LogP contribution in [0.3, 0.4) is 0 Å². The van der Waals surface area contributed by atoms with Crippen LogP contribution in [0.5, 0.6) is 0 Å². The Balaban J connectivity index is 1.62. The molecule has 2 heterocycles. The van der Waals surface area contributed by atoms with Gasteiger partial charge in [-0.2, -0.15) is 0 Å². The Morgan fingerprint density at radius 3 is 2.30 bits per heavy atom. The molecule has 1 amide bonds. The Hall–Kier alpha value is -4.26. The number of carbonyl (C=O) groups is 1. The summed E-state index contributed by atoms with van der Waals surface area (Å²) >= 11 is 0. The molecule has 0 saturated heterocycles. The molecule has 1 atom stereocenters. The molecular formula is C26H22FN5O. The third-order valence-electron chi connectivity index (χ3n) is 5.72. The second-order valence-corrected chi connectivity index (χ2v) is 7.96. The van der Waals surface area contributed by atoms with Crippen molar-refractivity contribution in [1.29, 1.82) is 0 Å². The molecule has 7 heteroatoms. The molecule has 0 radical (unpaired) electrons. The maximum atomic E-state index is 13.4.